The number of nitrogens with zero attached hydrogens (tertiary/aromatic N) is 2. The molecule has 5 nitrogen and oxygen atoms in total. The number of rotatable bonds is 5. The molecule has 1 N–H and O–H groups in total. The molecule has 1 unspecified atom stereocenters. The molecule has 1 aliphatic heterocycles. The molecular formula is C15H19N3O2S. The Bertz CT molecular complexity index is 695. The van der Waals surface area contributed by atoms with Gasteiger partial charge in [0.25, 0.3) is 0 Å². The predicted molar refractivity (Wildman–Crippen MR) is 82.7 cm³/mol. The van der Waals surface area contributed by atoms with Crippen LogP contribution in [0.1, 0.15) is 6.42 Å². The molecule has 21 heavy (non-hydrogen) atoms. The Morgan fingerprint density at radius 3 is 2.81 bits per heavy atom. The van der Waals surface area contributed by atoms with Gasteiger partial charge in [-0.15, -0.1) is 0 Å². The third-order valence-electron chi connectivity index (χ3n) is 3.77. The van der Waals surface area contributed by atoms with Crippen LogP contribution in [0.2, 0.25) is 0 Å². The number of imidazole rings is 1. The number of hydrogen-bond donors (Lipinski definition) is 1. The number of hydrogen-bond acceptors (Lipinski definition) is 4. The van der Waals surface area contributed by atoms with E-state index < -0.39 is 9.84 Å². The van der Waals surface area contributed by atoms with Gasteiger partial charge in [0.05, 0.1) is 11.5 Å². The van der Waals surface area contributed by atoms with Crippen molar-refractivity contribution in [3.63, 3.8) is 0 Å². The molecule has 1 aromatic carbocycles. The lowest BCUT2D eigenvalue weighted by Crippen LogP contribution is -2.32. The molecule has 0 amide bonds. The molecular weight excluding hydrogens is 286 g/mol. The van der Waals surface area contributed by atoms with Crippen molar-refractivity contribution in [1.82, 2.24) is 14.9 Å². The largest absolute Gasteiger partial charge is 0.330 e. The van der Waals surface area contributed by atoms with E-state index in [-0.39, 0.29) is 11.8 Å². The molecule has 6 heteroatoms. The maximum Gasteiger partial charge on any atom is 0.151 e. The second-order valence-electron chi connectivity index (χ2n) is 5.36. The molecule has 3 rings (SSSR count). The average Bonchev–Trinajstić information content (AvgIpc) is 3.06. The van der Waals surface area contributed by atoms with Gasteiger partial charge in [0, 0.05) is 37.1 Å². The van der Waals surface area contributed by atoms with Crippen molar-refractivity contribution in [1.29, 1.82) is 0 Å². The van der Waals surface area contributed by atoms with Crippen LogP contribution in [0, 0.1) is 0 Å². The van der Waals surface area contributed by atoms with Gasteiger partial charge in [-0.2, -0.15) is 0 Å². The summed E-state index contributed by atoms with van der Waals surface area (Å²) in [4.78, 5) is 4.40. The first-order valence-corrected chi connectivity index (χ1v) is 8.96. The SMILES string of the molecule is O=S1(=O)CCC(NCCn2ccnc2-c2ccccc2)C1. The Balaban J connectivity index is 1.59. The van der Waals surface area contributed by atoms with Crippen LogP contribution < -0.4 is 5.32 Å². The van der Waals surface area contributed by atoms with Gasteiger partial charge in [-0.3, -0.25) is 0 Å². The van der Waals surface area contributed by atoms with E-state index in [1.54, 1.807) is 6.20 Å². The standard InChI is InChI=1S/C15H19N3O2S/c19-21(20)11-6-14(12-21)16-7-9-18-10-8-17-15(18)13-4-2-1-3-5-13/h1-5,8,10,14,16H,6-7,9,11-12H2. The van der Waals surface area contributed by atoms with Gasteiger partial charge in [-0.05, 0) is 6.42 Å². The lowest BCUT2D eigenvalue weighted by atomic mass is 10.2. The fraction of sp³-hybridized carbons (Fsp3) is 0.400. The number of sulfone groups is 1. The molecule has 0 saturated carbocycles. The van der Waals surface area contributed by atoms with E-state index in [1.165, 1.54) is 0 Å². The normalized spacial score (nSPS) is 20.7. The smallest absolute Gasteiger partial charge is 0.151 e. The number of benzene rings is 1. The Labute approximate surface area is 124 Å². The van der Waals surface area contributed by atoms with Gasteiger partial charge in [0.2, 0.25) is 0 Å². The second-order valence-corrected chi connectivity index (χ2v) is 7.59. The molecule has 1 aliphatic rings. The summed E-state index contributed by atoms with van der Waals surface area (Å²) in [5.74, 6) is 1.52. The van der Waals surface area contributed by atoms with Gasteiger partial charge in [0.1, 0.15) is 5.82 Å². The van der Waals surface area contributed by atoms with Crippen molar-refractivity contribution in [2.24, 2.45) is 0 Å². The first kappa shape index (κ1) is 14.3. The van der Waals surface area contributed by atoms with E-state index >= 15 is 0 Å². The summed E-state index contributed by atoms with van der Waals surface area (Å²) in [6.07, 6.45) is 4.47. The highest BCUT2D eigenvalue weighted by Gasteiger charge is 2.27. The molecule has 1 atom stereocenters. The van der Waals surface area contributed by atoms with Crippen LogP contribution in [-0.2, 0) is 16.4 Å². The quantitative estimate of drug-likeness (QED) is 0.905. The molecule has 0 radical (unpaired) electrons. The predicted octanol–water partition coefficient (Wildman–Crippen LogP) is 1.33. The third-order valence-corrected chi connectivity index (χ3v) is 5.53. The van der Waals surface area contributed by atoms with Gasteiger partial charge in [-0.1, -0.05) is 30.3 Å². The van der Waals surface area contributed by atoms with Crippen LogP contribution in [0.4, 0.5) is 0 Å². The van der Waals surface area contributed by atoms with Gasteiger partial charge in [0.15, 0.2) is 9.84 Å². The van der Waals surface area contributed by atoms with Gasteiger partial charge < -0.3 is 9.88 Å². The Hall–Kier alpha value is -1.66. The van der Waals surface area contributed by atoms with E-state index in [4.69, 9.17) is 0 Å². The maximum atomic E-state index is 11.4. The van der Waals surface area contributed by atoms with Crippen molar-refractivity contribution in [2.45, 2.75) is 19.0 Å². The summed E-state index contributed by atoms with van der Waals surface area (Å²) in [6, 6.07) is 10.1. The third kappa shape index (κ3) is 3.51. The van der Waals surface area contributed by atoms with Crippen LogP contribution in [0.5, 0.6) is 0 Å². The molecule has 0 bridgehead atoms. The Kier molecular flexibility index (Phi) is 4.07. The lowest BCUT2D eigenvalue weighted by Gasteiger charge is -2.12. The fourth-order valence-electron chi connectivity index (χ4n) is 2.68. The van der Waals surface area contributed by atoms with Crippen LogP contribution >= 0.6 is 0 Å². The molecule has 112 valence electrons. The molecule has 1 fully saturated rings. The van der Waals surface area contributed by atoms with Gasteiger partial charge in [-0.25, -0.2) is 13.4 Å². The highest BCUT2D eigenvalue weighted by molar-refractivity contribution is 7.91. The zero-order valence-electron chi connectivity index (χ0n) is 11.8. The van der Waals surface area contributed by atoms with E-state index in [9.17, 15) is 8.42 Å². The molecule has 1 saturated heterocycles. The number of aromatic nitrogens is 2. The van der Waals surface area contributed by atoms with Crippen LogP contribution in [-0.4, -0.2) is 42.1 Å². The van der Waals surface area contributed by atoms with E-state index in [2.05, 4.69) is 14.9 Å². The molecule has 1 aromatic heterocycles. The van der Waals surface area contributed by atoms with Crippen molar-refractivity contribution in [3.8, 4) is 11.4 Å². The van der Waals surface area contributed by atoms with Crippen molar-refractivity contribution < 1.29 is 8.42 Å². The Morgan fingerprint density at radius 1 is 1.29 bits per heavy atom. The topological polar surface area (TPSA) is 64.0 Å². The van der Waals surface area contributed by atoms with Crippen molar-refractivity contribution >= 4 is 9.84 Å². The minimum absolute atomic E-state index is 0.0960. The van der Waals surface area contributed by atoms with Crippen LogP contribution in [0.25, 0.3) is 11.4 Å². The second kappa shape index (κ2) is 5.99. The van der Waals surface area contributed by atoms with E-state index in [0.29, 0.717) is 5.75 Å². The maximum absolute atomic E-state index is 11.4. The minimum atomic E-state index is -2.81. The fourth-order valence-corrected chi connectivity index (χ4v) is 4.39. The molecule has 2 heterocycles. The van der Waals surface area contributed by atoms with E-state index in [1.807, 2.05) is 36.5 Å². The Morgan fingerprint density at radius 2 is 2.10 bits per heavy atom. The lowest BCUT2D eigenvalue weighted by molar-refractivity contribution is 0.521. The zero-order valence-corrected chi connectivity index (χ0v) is 12.6. The molecule has 0 aliphatic carbocycles. The summed E-state index contributed by atoms with van der Waals surface area (Å²) < 4.78 is 24.9. The average molecular weight is 305 g/mol. The first-order valence-electron chi connectivity index (χ1n) is 7.14. The first-order chi connectivity index (χ1) is 10.1. The zero-order chi connectivity index (χ0) is 14.7. The highest BCUT2D eigenvalue weighted by Crippen LogP contribution is 2.16. The van der Waals surface area contributed by atoms with Crippen molar-refractivity contribution in [2.75, 3.05) is 18.1 Å². The summed E-state index contributed by atoms with van der Waals surface area (Å²) >= 11 is 0. The minimum Gasteiger partial charge on any atom is -0.330 e. The molecule has 0 spiro atoms. The van der Waals surface area contributed by atoms with E-state index in [0.717, 1.165) is 30.9 Å². The van der Waals surface area contributed by atoms with Gasteiger partial charge >= 0.3 is 0 Å². The van der Waals surface area contributed by atoms with Crippen LogP contribution in [0.15, 0.2) is 42.7 Å². The number of nitrogens with one attached hydrogen (secondary N) is 1. The summed E-state index contributed by atoms with van der Waals surface area (Å²) in [7, 11) is -2.81. The van der Waals surface area contributed by atoms with Crippen molar-refractivity contribution in [3.05, 3.63) is 42.7 Å². The van der Waals surface area contributed by atoms with Crippen LogP contribution in [0.3, 0.4) is 0 Å². The highest BCUT2D eigenvalue weighted by atomic mass is 32.2. The monoisotopic (exact) mass is 305 g/mol. The summed E-state index contributed by atoms with van der Waals surface area (Å²) in [5.41, 5.74) is 1.09. The summed E-state index contributed by atoms with van der Waals surface area (Å²) in [6.45, 7) is 1.52. The summed E-state index contributed by atoms with van der Waals surface area (Å²) in [5, 5.41) is 3.33. The molecule has 2 aromatic rings.